The van der Waals surface area contributed by atoms with E-state index in [-0.39, 0.29) is 36.7 Å². The number of rotatable bonds is 6. The summed E-state index contributed by atoms with van der Waals surface area (Å²) in [5.74, 6) is -1.17. The molecule has 35 heavy (non-hydrogen) atoms. The summed E-state index contributed by atoms with van der Waals surface area (Å²) in [4.78, 5) is 31.2. The van der Waals surface area contributed by atoms with Gasteiger partial charge in [0.25, 0.3) is 0 Å². The average Bonchev–Trinajstić information content (AvgIpc) is 3.34. The van der Waals surface area contributed by atoms with Crippen LogP contribution < -0.4 is 0 Å². The second kappa shape index (κ2) is 11.5. The van der Waals surface area contributed by atoms with Gasteiger partial charge in [-0.1, -0.05) is 25.1 Å². The Kier molecular flexibility index (Phi) is 8.63. The number of amidine groups is 1. The third-order valence-corrected chi connectivity index (χ3v) is 5.68. The van der Waals surface area contributed by atoms with Crippen molar-refractivity contribution in [2.24, 2.45) is 4.99 Å². The highest BCUT2D eigenvalue weighted by Crippen LogP contribution is 2.44. The zero-order valence-electron chi connectivity index (χ0n) is 19.9. The zero-order chi connectivity index (χ0) is 25.6. The summed E-state index contributed by atoms with van der Waals surface area (Å²) in [5, 5.41) is 0. The molecule has 2 aliphatic rings. The minimum Gasteiger partial charge on any atom is -0.435 e. The van der Waals surface area contributed by atoms with Crippen molar-refractivity contribution >= 4 is 18.1 Å². The summed E-state index contributed by atoms with van der Waals surface area (Å²) >= 11 is 0. The molecule has 2 unspecified atom stereocenters. The van der Waals surface area contributed by atoms with Gasteiger partial charge in [0.05, 0.1) is 30.4 Å². The predicted octanol–water partition coefficient (Wildman–Crippen LogP) is 5.63. The Labute approximate surface area is 201 Å². The normalized spacial score (nSPS) is 20.4. The van der Waals surface area contributed by atoms with Crippen molar-refractivity contribution in [1.29, 1.82) is 0 Å². The van der Waals surface area contributed by atoms with Crippen LogP contribution in [0.4, 0.5) is 22.8 Å². The number of carbonyl (C=O) groups is 2. The molecular formula is C24H29F3N2O6. The Hall–Kier alpha value is -3.24. The Balaban J connectivity index is 2.24. The van der Waals surface area contributed by atoms with Gasteiger partial charge in [0.2, 0.25) is 0 Å². The van der Waals surface area contributed by atoms with Crippen LogP contribution in [0.5, 0.6) is 0 Å². The van der Waals surface area contributed by atoms with Crippen molar-refractivity contribution in [2.45, 2.75) is 58.2 Å². The van der Waals surface area contributed by atoms with Crippen LogP contribution in [0.15, 0.2) is 40.7 Å². The van der Waals surface area contributed by atoms with E-state index >= 15 is 0 Å². The van der Waals surface area contributed by atoms with Crippen LogP contribution >= 0.6 is 0 Å². The van der Waals surface area contributed by atoms with E-state index in [2.05, 4.69) is 4.99 Å². The first-order valence-electron chi connectivity index (χ1n) is 11.6. The second-order valence-electron chi connectivity index (χ2n) is 7.90. The van der Waals surface area contributed by atoms with Gasteiger partial charge in [-0.05, 0) is 44.7 Å². The fraction of sp³-hybridized carbons (Fsp3) is 0.542. The molecule has 0 radical (unpaired) electrons. The molecule has 11 heteroatoms. The Morgan fingerprint density at radius 2 is 1.66 bits per heavy atom. The molecule has 0 N–H and O–H groups in total. The minimum absolute atomic E-state index is 0.00241. The van der Waals surface area contributed by atoms with Crippen molar-refractivity contribution in [2.75, 3.05) is 26.3 Å². The minimum atomic E-state index is -4.71. The summed E-state index contributed by atoms with van der Waals surface area (Å²) in [6.07, 6.45) is -6.22. The zero-order valence-corrected chi connectivity index (χ0v) is 19.9. The number of alkyl halides is 3. The molecule has 1 saturated heterocycles. The molecule has 2 atom stereocenters. The molecule has 0 amide bonds. The van der Waals surface area contributed by atoms with E-state index < -0.39 is 36.1 Å². The first-order chi connectivity index (χ1) is 16.7. The lowest BCUT2D eigenvalue weighted by atomic mass is 9.84. The fourth-order valence-electron chi connectivity index (χ4n) is 4.24. The van der Waals surface area contributed by atoms with Crippen LogP contribution in [0.2, 0.25) is 0 Å². The quantitative estimate of drug-likeness (QED) is 0.470. The SMILES string of the molecule is CCOC(=O)OC1=C(CC)N=C(N2CCCC2)C(OC(=O)OCC)C1c1ccccc1C(F)(F)F. The fourth-order valence-corrected chi connectivity index (χ4v) is 4.24. The third-order valence-electron chi connectivity index (χ3n) is 5.68. The molecule has 0 bridgehead atoms. The van der Waals surface area contributed by atoms with E-state index in [9.17, 15) is 22.8 Å². The Bertz CT molecular complexity index is 986. The number of halogens is 3. The summed E-state index contributed by atoms with van der Waals surface area (Å²) in [6, 6.07) is 4.93. The van der Waals surface area contributed by atoms with Gasteiger partial charge in [0.15, 0.2) is 6.10 Å². The van der Waals surface area contributed by atoms with Crippen molar-refractivity contribution in [1.82, 2.24) is 4.90 Å². The summed E-state index contributed by atoms with van der Waals surface area (Å²) < 4.78 is 63.1. The van der Waals surface area contributed by atoms with Crippen LogP contribution in [0.1, 0.15) is 57.1 Å². The first-order valence-corrected chi connectivity index (χ1v) is 11.6. The molecule has 0 saturated carbocycles. The van der Waals surface area contributed by atoms with Crippen molar-refractivity contribution in [3.8, 4) is 0 Å². The monoisotopic (exact) mass is 498 g/mol. The third kappa shape index (κ3) is 6.07. The summed E-state index contributed by atoms with van der Waals surface area (Å²) in [6.45, 7) is 6.10. The van der Waals surface area contributed by atoms with Gasteiger partial charge < -0.3 is 23.8 Å². The first kappa shape index (κ1) is 26.4. The second-order valence-corrected chi connectivity index (χ2v) is 7.90. The smallest absolute Gasteiger partial charge is 0.435 e. The molecule has 1 fully saturated rings. The number of nitrogens with zero attached hydrogens (tertiary/aromatic N) is 2. The number of aliphatic imine (C=N–C) groups is 1. The summed E-state index contributed by atoms with van der Waals surface area (Å²) in [5.41, 5.74) is -0.887. The van der Waals surface area contributed by atoms with Crippen molar-refractivity contribution in [3.63, 3.8) is 0 Å². The number of hydrogen-bond donors (Lipinski definition) is 0. The highest BCUT2D eigenvalue weighted by atomic mass is 19.4. The molecule has 1 aromatic carbocycles. The number of allylic oxidation sites excluding steroid dienone is 1. The summed E-state index contributed by atoms with van der Waals surface area (Å²) in [7, 11) is 0. The van der Waals surface area contributed by atoms with Crippen LogP contribution in [-0.4, -0.2) is 55.5 Å². The molecule has 8 nitrogen and oxygen atoms in total. The lowest BCUT2D eigenvalue weighted by molar-refractivity contribution is -0.138. The molecule has 0 aromatic heterocycles. The molecule has 0 aliphatic carbocycles. The van der Waals surface area contributed by atoms with E-state index in [1.54, 1.807) is 20.8 Å². The molecular weight excluding hydrogens is 469 g/mol. The van der Waals surface area contributed by atoms with Gasteiger partial charge in [0, 0.05) is 13.1 Å². The number of likely N-dealkylation sites (tertiary alicyclic amines) is 1. The molecule has 2 aliphatic heterocycles. The lowest BCUT2D eigenvalue weighted by Crippen LogP contribution is -2.46. The topological polar surface area (TPSA) is 86.7 Å². The molecule has 3 rings (SSSR count). The average molecular weight is 498 g/mol. The molecule has 2 heterocycles. The van der Waals surface area contributed by atoms with Crippen molar-refractivity contribution < 1.29 is 41.7 Å². The van der Waals surface area contributed by atoms with Gasteiger partial charge in [-0.15, -0.1) is 0 Å². The van der Waals surface area contributed by atoms with Gasteiger partial charge in [-0.25, -0.2) is 14.6 Å². The van der Waals surface area contributed by atoms with Crippen molar-refractivity contribution in [3.05, 3.63) is 46.8 Å². The van der Waals surface area contributed by atoms with E-state index in [1.807, 2.05) is 4.90 Å². The van der Waals surface area contributed by atoms with E-state index in [0.29, 0.717) is 18.9 Å². The highest BCUT2D eigenvalue weighted by molar-refractivity contribution is 5.92. The van der Waals surface area contributed by atoms with Gasteiger partial charge in [0.1, 0.15) is 11.6 Å². The Morgan fingerprint density at radius 1 is 1.03 bits per heavy atom. The maximum absolute atomic E-state index is 14.1. The van der Waals surface area contributed by atoms with Crippen LogP contribution in [0, 0.1) is 0 Å². The number of ether oxygens (including phenoxy) is 4. The predicted molar refractivity (Wildman–Crippen MR) is 120 cm³/mol. The van der Waals surface area contributed by atoms with Gasteiger partial charge in [-0.3, -0.25) is 0 Å². The van der Waals surface area contributed by atoms with E-state index in [0.717, 1.165) is 18.9 Å². The molecule has 192 valence electrons. The van der Waals surface area contributed by atoms with Crippen LogP contribution in [-0.2, 0) is 25.1 Å². The molecule has 1 aromatic rings. The van der Waals surface area contributed by atoms with Crippen LogP contribution in [0.25, 0.3) is 0 Å². The van der Waals surface area contributed by atoms with Gasteiger partial charge >= 0.3 is 18.5 Å². The standard InChI is InChI=1S/C24H29F3N2O6/c1-4-17-19(34-22(30)32-5-2)18(15-11-7-8-12-16(15)24(25,26)27)20(35-23(31)33-6-3)21(28-17)29-13-9-10-14-29/h7-8,11-12,18,20H,4-6,9-10,13-14H2,1-3H3. The number of benzene rings is 1. The van der Waals surface area contributed by atoms with Gasteiger partial charge in [-0.2, -0.15) is 13.2 Å². The highest BCUT2D eigenvalue weighted by Gasteiger charge is 2.47. The maximum Gasteiger partial charge on any atom is 0.513 e. The Morgan fingerprint density at radius 3 is 2.26 bits per heavy atom. The maximum atomic E-state index is 14.1. The molecule has 0 spiro atoms. The van der Waals surface area contributed by atoms with E-state index in [1.165, 1.54) is 18.2 Å². The van der Waals surface area contributed by atoms with Crippen LogP contribution in [0.3, 0.4) is 0 Å². The number of carbonyl (C=O) groups excluding carboxylic acids is 2. The van der Waals surface area contributed by atoms with E-state index in [4.69, 9.17) is 18.9 Å². The number of hydrogen-bond acceptors (Lipinski definition) is 8. The lowest BCUT2D eigenvalue weighted by Gasteiger charge is -2.37. The largest absolute Gasteiger partial charge is 0.513 e.